The number of fused-ring (bicyclic) bond motifs is 1. The fourth-order valence-electron chi connectivity index (χ4n) is 4.78. The first-order valence-corrected chi connectivity index (χ1v) is 11.6. The molecule has 1 saturated heterocycles. The predicted molar refractivity (Wildman–Crippen MR) is 104 cm³/mol. The Hall–Kier alpha value is -1.66. The zero-order valence-corrected chi connectivity index (χ0v) is 16.7. The quantitative estimate of drug-likeness (QED) is 0.794. The molecule has 0 spiro atoms. The van der Waals surface area contributed by atoms with Gasteiger partial charge in [-0.15, -0.1) is 0 Å². The Morgan fingerprint density at radius 2 is 1.96 bits per heavy atom. The molecule has 0 N–H and O–H groups in total. The molecule has 0 bridgehead atoms. The second-order valence-corrected chi connectivity index (χ2v) is 10.4. The van der Waals surface area contributed by atoms with Crippen LogP contribution in [0, 0.1) is 12.8 Å². The summed E-state index contributed by atoms with van der Waals surface area (Å²) in [7, 11) is -3.39. The van der Waals surface area contributed by atoms with Crippen molar-refractivity contribution in [1.29, 1.82) is 0 Å². The monoisotopic (exact) mass is 385 g/mol. The molecule has 2 aromatic rings. The number of benzene rings is 1. The fourth-order valence-corrected chi connectivity index (χ4v) is 6.36. The van der Waals surface area contributed by atoms with Crippen molar-refractivity contribution in [1.82, 2.24) is 13.9 Å². The van der Waals surface area contributed by atoms with Crippen LogP contribution in [0.1, 0.15) is 54.4 Å². The van der Waals surface area contributed by atoms with Gasteiger partial charge in [0.1, 0.15) is 5.82 Å². The molecule has 0 radical (unpaired) electrons. The van der Waals surface area contributed by atoms with Gasteiger partial charge in [0.05, 0.1) is 4.90 Å². The van der Waals surface area contributed by atoms with Crippen molar-refractivity contribution in [2.75, 3.05) is 13.1 Å². The van der Waals surface area contributed by atoms with E-state index >= 15 is 0 Å². The van der Waals surface area contributed by atoms with Gasteiger partial charge in [0.15, 0.2) is 0 Å². The van der Waals surface area contributed by atoms with Crippen LogP contribution in [-0.4, -0.2) is 35.4 Å². The zero-order chi connectivity index (χ0) is 18.6. The van der Waals surface area contributed by atoms with Crippen LogP contribution in [0.5, 0.6) is 0 Å². The number of imidazole rings is 1. The standard InChI is InChI=1S/C21H27N3O2S/c1-15-13-22-21(24(15)19-6-7-19)11-16-9-10-23(14-16)27(25,26)20-8-5-17-3-2-4-18(17)12-20/h5,8,12-13,16,19H,2-4,6-7,9-11,14H2,1H3. The highest BCUT2D eigenvalue weighted by Crippen LogP contribution is 2.38. The van der Waals surface area contributed by atoms with Crippen molar-refractivity contribution in [2.24, 2.45) is 5.92 Å². The summed E-state index contributed by atoms with van der Waals surface area (Å²) in [4.78, 5) is 5.09. The molecule has 1 aromatic carbocycles. The van der Waals surface area contributed by atoms with E-state index < -0.39 is 10.0 Å². The summed E-state index contributed by atoms with van der Waals surface area (Å²) in [5.74, 6) is 1.49. The summed E-state index contributed by atoms with van der Waals surface area (Å²) < 4.78 is 30.3. The third-order valence-corrected chi connectivity index (χ3v) is 8.26. The molecule has 1 unspecified atom stereocenters. The maximum Gasteiger partial charge on any atom is 0.243 e. The lowest BCUT2D eigenvalue weighted by atomic mass is 10.0. The van der Waals surface area contributed by atoms with E-state index in [1.165, 1.54) is 29.7 Å². The molecule has 1 aliphatic heterocycles. The number of rotatable bonds is 5. The number of aromatic nitrogens is 2. The van der Waals surface area contributed by atoms with Crippen molar-refractivity contribution in [3.63, 3.8) is 0 Å². The minimum atomic E-state index is -3.39. The summed E-state index contributed by atoms with van der Waals surface area (Å²) in [6.07, 6.45) is 9.46. The first-order valence-electron chi connectivity index (χ1n) is 10.2. The van der Waals surface area contributed by atoms with Gasteiger partial charge >= 0.3 is 0 Å². The lowest BCUT2D eigenvalue weighted by Gasteiger charge is -2.18. The van der Waals surface area contributed by atoms with Crippen molar-refractivity contribution < 1.29 is 8.42 Å². The topological polar surface area (TPSA) is 55.2 Å². The van der Waals surface area contributed by atoms with Gasteiger partial charge in [-0.25, -0.2) is 13.4 Å². The second kappa shape index (κ2) is 6.45. The number of aryl methyl sites for hydroxylation is 3. The van der Waals surface area contributed by atoms with Crippen molar-refractivity contribution in [3.8, 4) is 0 Å². The largest absolute Gasteiger partial charge is 0.329 e. The van der Waals surface area contributed by atoms with E-state index in [1.807, 2.05) is 18.3 Å². The van der Waals surface area contributed by atoms with Crippen molar-refractivity contribution in [3.05, 3.63) is 47.0 Å². The second-order valence-electron chi connectivity index (χ2n) is 8.42. The van der Waals surface area contributed by atoms with E-state index in [1.54, 1.807) is 10.4 Å². The van der Waals surface area contributed by atoms with Crippen LogP contribution in [0.2, 0.25) is 0 Å². The van der Waals surface area contributed by atoms with E-state index in [0.717, 1.165) is 37.9 Å². The van der Waals surface area contributed by atoms with Gasteiger partial charge in [-0.1, -0.05) is 6.07 Å². The molecule has 5 rings (SSSR count). The van der Waals surface area contributed by atoms with Gasteiger partial charge in [0.2, 0.25) is 10.0 Å². The average Bonchev–Trinajstić information content (AvgIpc) is 3.07. The minimum Gasteiger partial charge on any atom is -0.329 e. The van der Waals surface area contributed by atoms with Gasteiger partial charge in [-0.2, -0.15) is 4.31 Å². The molecule has 3 aliphatic rings. The number of hydrogen-bond acceptors (Lipinski definition) is 3. The average molecular weight is 386 g/mol. The molecule has 1 saturated carbocycles. The van der Waals surface area contributed by atoms with E-state index in [2.05, 4.69) is 16.5 Å². The molecule has 5 nitrogen and oxygen atoms in total. The molecule has 0 amide bonds. The number of sulfonamides is 1. The SMILES string of the molecule is Cc1cnc(CC2CCN(S(=O)(=O)c3ccc4c(c3)CCC4)C2)n1C1CC1. The Morgan fingerprint density at radius 3 is 2.78 bits per heavy atom. The van der Waals surface area contributed by atoms with Crippen LogP contribution in [0.3, 0.4) is 0 Å². The molecule has 2 aliphatic carbocycles. The number of nitrogens with zero attached hydrogens (tertiary/aromatic N) is 3. The predicted octanol–water partition coefficient (Wildman–Crippen LogP) is 3.27. The summed E-state index contributed by atoms with van der Waals surface area (Å²) in [5, 5.41) is 0. The van der Waals surface area contributed by atoms with E-state index in [9.17, 15) is 8.42 Å². The van der Waals surface area contributed by atoms with Gasteiger partial charge in [0, 0.05) is 37.4 Å². The first kappa shape index (κ1) is 17.4. The summed E-state index contributed by atoms with van der Waals surface area (Å²) in [6.45, 7) is 3.34. The first-order chi connectivity index (χ1) is 13.0. The summed E-state index contributed by atoms with van der Waals surface area (Å²) in [5.41, 5.74) is 3.76. The lowest BCUT2D eigenvalue weighted by molar-refractivity contribution is 0.449. The normalized spacial score (nSPS) is 23.1. The summed E-state index contributed by atoms with van der Waals surface area (Å²) >= 11 is 0. The molecular weight excluding hydrogens is 358 g/mol. The van der Waals surface area contributed by atoms with Gasteiger partial charge in [-0.3, -0.25) is 0 Å². The third-order valence-electron chi connectivity index (χ3n) is 6.40. The van der Waals surface area contributed by atoms with Crippen molar-refractivity contribution in [2.45, 2.75) is 62.8 Å². The maximum atomic E-state index is 13.1. The smallest absolute Gasteiger partial charge is 0.243 e. The maximum absolute atomic E-state index is 13.1. The van der Waals surface area contributed by atoms with Crippen LogP contribution in [0.25, 0.3) is 0 Å². The highest BCUT2D eigenvalue weighted by atomic mass is 32.2. The Balaban J connectivity index is 1.32. The van der Waals surface area contributed by atoms with Crippen LogP contribution in [0.15, 0.2) is 29.3 Å². The van der Waals surface area contributed by atoms with E-state index in [-0.39, 0.29) is 0 Å². The molecule has 2 fully saturated rings. The van der Waals surface area contributed by atoms with E-state index in [0.29, 0.717) is 29.9 Å². The molecule has 1 atom stereocenters. The minimum absolute atomic E-state index is 0.355. The Morgan fingerprint density at radius 1 is 1.15 bits per heavy atom. The van der Waals surface area contributed by atoms with E-state index in [4.69, 9.17) is 0 Å². The van der Waals surface area contributed by atoms with Crippen molar-refractivity contribution >= 4 is 10.0 Å². The van der Waals surface area contributed by atoms with Gasteiger partial charge < -0.3 is 4.57 Å². The van der Waals surface area contributed by atoms with Crippen LogP contribution < -0.4 is 0 Å². The molecule has 144 valence electrons. The van der Waals surface area contributed by atoms with Crippen LogP contribution in [0.4, 0.5) is 0 Å². The molecule has 1 aromatic heterocycles. The highest BCUT2D eigenvalue weighted by Gasteiger charge is 2.35. The molecule has 6 heteroatoms. The zero-order valence-electron chi connectivity index (χ0n) is 15.9. The molecule has 2 heterocycles. The lowest BCUT2D eigenvalue weighted by Crippen LogP contribution is -2.29. The Bertz CT molecular complexity index is 975. The Labute approximate surface area is 161 Å². The van der Waals surface area contributed by atoms with Gasteiger partial charge in [0.25, 0.3) is 0 Å². The Kier molecular flexibility index (Phi) is 4.17. The summed E-state index contributed by atoms with van der Waals surface area (Å²) in [6, 6.07) is 6.34. The molecular formula is C21H27N3O2S. The van der Waals surface area contributed by atoms with Gasteiger partial charge in [-0.05, 0) is 74.6 Å². The number of hydrogen-bond donors (Lipinski definition) is 0. The third kappa shape index (κ3) is 3.13. The van der Waals surface area contributed by atoms with Crippen LogP contribution >= 0.6 is 0 Å². The van der Waals surface area contributed by atoms with Crippen LogP contribution in [-0.2, 0) is 29.3 Å². The molecule has 27 heavy (non-hydrogen) atoms. The highest BCUT2D eigenvalue weighted by molar-refractivity contribution is 7.89. The fraction of sp³-hybridized carbons (Fsp3) is 0.571.